The van der Waals surface area contributed by atoms with Crippen LogP contribution in [0.25, 0.3) is 0 Å². The molecule has 0 unspecified atom stereocenters. The first-order valence-electron chi connectivity index (χ1n) is 6.28. The summed E-state index contributed by atoms with van der Waals surface area (Å²) in [5.74, 6) is 1.09. The molecule has 0 aromatic carbocycles. The summed E-state index contributed by atoms with van der Waals surface area (Å²) in [6, 6.07) is 3.99. The Morgan fingerprint density at radius 2 is 2.28 bits per heavy atom. The molecule has 0 atom stereocenters. The predicted octanol–water partition coefficient (Wildman–Crippen LogP) is 0.787. The molecule has 2 heterocycles. The number of nitrogens with one attached hydrogen (secondary N) is 1. The zero-order valence-corrected chi connectivity index (χ0v) is 11.0. The van der Waals surface area contributed by atoms with Crippen molar-refractivity contribution in [3.63, 3.8) is 0 Å². The Morgan fingerprint density at radius 1 is 1.44 bits per heavy atom. The van der Waals surface area contributed by atoms with E-state index in [-0.39, 0.29) is 5.91 Å². The lowest BCUT2D eigenvalue weighted by atomic mass is 10.2. The van der Waals surface area contributed by atoms with Gasteiger partial charge in [0.25, 0.3) is 0 Å². The van der Waals surface area contributed by atoms with E-state index in [2.05, 4.69) is 21.3 Å². The normalized spacial score (nSPS) is 17.7. The second-order valence-electron chi connectivity index (χ2n) is 4.64. The zero-order chi connectivity index (χ0) is 13.0. The van der Waals surface area contributed by atoms with Gasteiger partial charge in [0, 0.05) is 45.5 Å². The number of rotatable bonds is 3. The molecular weight excluding hydrogens is 228 g/mol. The Balaban J connectivity index is 2.06. The van der Waals surface area contributed by atoms with Crippen LogP contribution in [0.4, 0.5) is 5.82 Å². The number of aromatic nitrogens is 1. The fourth-order valence-corrected chi connectivity index (χ4v) is 2.21. The van der Waals surface area contributed by atoms with Gasteiger partial charge in [0.2, 0.25) is 5.91 Å². The number of nitrogens with zero attached hydrogens (tertiary/aromatic N) is 3. The molecule has 5 heteroatoms. The first-order chi connectivity index (χ1) is 8.70. The molecule has 0 saturated carbocycles. The second kappa shape index (κ2) is 5.82. The lowest BCUT2D eigenvalue weighted by Gasteiger charge is -2.20. The highest BCUT2D eigenvalue weighted by molar-refractivity contribution is 5.78. The van der Waals surface area contributed by atoms with E-state index >= 15 is 0 Å². The van der Waals surface area contributed by atoms with E-state index in [4.69, 9.17) is 0 Å². The molecule has 2 rings (SSSR count). The van der Waals surface area contributed by atoms with E-state index in [1.807, 2.05) is 25.1 Å². The average Bonchev–Trinajstić information content (AvgIpc) is 2.53. The molecule has 1 amide bonds. The highest BCUT2D eigenvalue weighted by Crippen LogP contribution is 2.15. The Morgan fingerprint density at radius 3 is 3.06 bits per heavy atom. The molecule has 1 aromatic rings. The van der Waals surface area contributed by atoms with Crippen LogP contribution in [0, 0.1) is 0 Å². The van der Waals surface area contributed by atoms with Gasteiger partial charge in [-0.05, 0) is 12.5 Å². The first-order valence-corrected chi connectivity index (χ1v) is 6.28. The lowest BCUT2D eigenvalue weighted by Crippen LogP contribution is -2.34. The molecule has 1 aliphatic rings. The SMILES string of the molecule is CNc1ncccc1CN1CCCN(C)C(=O)C1. The van der Waals surface area contributed by atoms with Crippen molar-refractivity contribution in [3.8, 4) is 0 Å². The Kier molecular flexibility index (Phi) is 4.15. The van der Waals surface area contributed by atoms with E-state index in [9.17, 15) is 4.79 Å². The van der Waals surface area contributed by atoms with Gasteiger partial charge in [-0.25, -0.2) is 4.98 Å². The number of hydrogen-bond acceptors (Lipinski definition) is 4. The van der Waals surface area contributed by atoms with Crippen LogP contribution in [0.2, 0.25) is 0 Å². The van der Waals surface area contributed by atoms with Gasteiger partial charge in [0.1, 0.15) is 5.82 Å². The van der Waals surface area contributed by atoms with Crippen LogP contribution in [0.1, 0.15) is 12.0 Å². The van der Waals surface area contributed by atoms with E-state index in [1.165, 1.54) is 0 Å². The van der Waals surface area contributed by atoms with E-state index in [1.54, 1.807) is 6.20 Å². The third kappa shape index (κ3) is 2.98. The monoisotopic (exact) mass is 248 g/mol. The maximum atomic E-state index is 11.8. The maximum absolute atomic E-state index is 11.8. The summed E-state index contributed by atoms with van der Waals surface area (Å²) < 4.78 is 0. The van der Waals surface area contributed by atoms with Gasteiger partial charge in [0.15, 0.2) is 0 Å². The van der Waals surface area contributed by atoms with Gasteiger partial charge in [0.05, 0.1) is 6.54 Å². The number of hydrogen-bond donors (Lipinski definition) is 1. The molecule has 1 aliphatic heterocycles. The number of carbonyl (C=O) groups excluding carboxylic acids is 1. The summed E-state index contributed by atoms with van der Waals surface area (Å²) in [5, 5.41) is 3.09. The molecular formula is C13H20N4O. The molecule has 1 saturated heterocycles. The Bertz CT molecular complexity index is 421. The Labute approximate surface area is 108 Å². The van der Waals surface area contributed by atoms with Crippen molar-refractivity contribution in [1.82, 2.24) is 14.8 Å². The smallest absolute Gasteiger partial charge is 0.236 e. The molecule has 0 spiro atoms. The largest absolute Gasteiger partial charge is 0.373 e. The summed E-state index contributed by atoms with van der Waals surface area (Å²) in [6.45, 7) is 3.06. The minimum Gasteiger partial charge on any atom is -0.373 e. The molecule has 18 heavy (non-hydrogen) atoms. The fraction of sp³-hybridized carbons (Fsp3) is 0.538. The maximum Gasteiger partial charge on any atom is 0.236 e. The highest BCUT2D eigenvalue weighted by atomic mass is 16.2. The third-order valence-corrected chi connectivity index (χ3v) is 3.27. The van der Waals surface area contributed by atoms with Crippen molar-refractivity contribution in [2.75, 3.05) is 39.0 Å². The Hall–Kier alpha value is -1.62. The second-order valence-corrected chi connectivity index (χ2v) is 4.64. The van der Waals surface area contributed by atoms with E-state index in [0.29, 0.717) is 6.54 Å². The summed E-state index contributed by atoms with van der Waals surface area (Å²) in [4.78, 5) is 20.1. The number of anilines is 1. The molecule has 0 radical (unpaired) electrons. The van der Waals surface area contributed by atoms with Crippen LogP contribution < -0.4 is 5.32 Å². The molecule has 0 bridgehead atoms. The van der Waals surface area contributed by atoms with Crippen molar-refractivity contribution in [2.45, 2.75) is 13.0 Å². The van der Waals surface area contributed by atoms with Crippen LogP contribution in [0.15, 0.2) is 18.3 Å². The van der Waals surface area contributed by atoms with Gasteiger partial charge in [-0.3, -0.25) is 9.69 Å². The number of pyridine rings is 1. The zero-order valence-electron chi connectivity index (χ0n) is 11.0. The van der Waals surface area contributed by atoms with E-state index < -0.39 is 0 Å². The quantitative estimate of drug-likeness (QED) is 0.859. The lowest BCUT2D eigenvalue weighted by molar-refractivity contribution is -0.129. The third-order valence-electron chi connectivity index (χ3n) is 3.27. The van der Waals surface area contributed by atoms with Gasteiger partial charge in [-0.2, -0.15) is 0 Å². The van der Waals surface area contributed by atoms with Crippen molar-refractivity contribution in [2.24, 2.45) is 0 Å². The van der Waals surface area contributed by atoms with Crippen molar-refractivity contribution in [3.05, 3.63) is 23.9 Å². The topological polar surface area (TPSA) is 48.5 Å². The predicted molar refractivity (Wildman–Crippen MR) is 71.3 cm³/mol. The highest BCUT2D eigenvalue weighted by Gasteiger charge is 2.19. The van der Waals surface area contributed by atoms with Crippen LogP contribution >= 0.6 is 0 Å². The first kappa shape index (κ1) is 12.8. The number of likely N-dealkylation sites (N-methyl/N-ethyl adjacent to an activating group) is 1. The molecule has 1 fully saturated rings. The fourth-order valence-electron chi connectivity index (χ4n) is 2.21. The molecule has 1 N–H and O–H groups in total. The van der Waals surface area contributed by atoms with Gasteiger partial charge in [-0.15, -0.1) is 0 Å². The van der Waals surface area contributed by atoms with Crippen molar-refractivity contribution in [1.29, 1.82) is 0 Å². The van der Waals surface area contributed by atoms with Crippen molar-refractivity contribution >= 4 is 11.7 Å². The summed E-state index contributed by atoms with van der Waals surface area (Å²) in [5.41, 5.74) is 1.14. The molecule has 0 aliphatic carbocycles. The number of amides is 1. The number of carbonyl (C=O) groups is 1. The van der Waals surface area contributed by atoms with Crippen LogP contribution in [0.5, 0.6) is 0 Å². The van der Waals surface area contributed by atoms with Crippen LogP contribution in [-0.4, -0.2) is 54.4 Å². The average molecular weight is 248 g/mol. The summed E-state index contributed by atoms with van der Waals surface area (Å²) in [6.07, 6.45) is 2.80. The minimum absolute atomic E-state index is 0.197. The van der Waals surface area contributed by atoms with E-state index in [0.717, 1.165) is 37.4 Å². The van der Waals surface area contributed by atoms with Crippen molar-refractivity contribution < 1.29 is 4.79 Å². The van der Waals surface area contributed by atoms with Crippen LogP contribution in [0.3, 0.4) is 0 Å². The molecule has 1 aromatic heterocycles. The molecule has 5 nitrogen and oxygen atoms in total. The van der Waals surface area contributed by atoms with Gasteiger partial charge in [-0.1, -0.05) is 6.07 Å². The minimum atomic E-state index is 0.197. The summed E-state index contributed by atoms with van der Waals surface area (Å²) in [7, 11) is 3.74. The summed E-state index contributed by atoms with van der Waals surface area (Å²) >= 11 is 0. The van der Waals surface area contributed by atoms with Gasteiger partial charge >= 0.3 is 0 Å². The standard InChI is InChI=1S/C13H20N4O/c1-14-13-11(5-3-6-15-13)9-17-8-4-7-16(2)12(18)10-17/h3,5-6H,4,7-10H2,1-2H3,(H,14,15). The molecule has 98 valence electrons. The van der Waals surface area contributed by atoms with Gasteiger partial charge < -0.3 is 10.2 Å². The van der Waals surface area contributed by atoms with Crippen LogP contribution in [-0.2, 0) is 11.3 Å².